The second-order valence-corrected chi connectivity index (χ2v) is 5.05. The van der Waals surface area contributed by atoms with Gasteiger partial charge in [0.1, 0.15) is 0 Å². The minimum absolute atomic E-state index is 0. The van der Waals surface area contributed by atoms with E-state index in [9.17, 15) is 0 Å². The van der Waals surface area contributed by atoms with Crippen molar-refractivity contribution in [3.8, 4) is 0 Å². The first-order chi connectivity index (χ1) is 10.9. The Morgan fingerprint density at radius 2 is 2.00 bits per heavy atom. The molecular weight excluding hydrogens is 401 g/mol. The number of aliphatic imine (C=N–C) groups is 1. The molecule has 2 aromatic rings. The van der Waals surface area contributed by atoms with Gasteiger partial charge in [-0.15, -0.1) is 24.0 Å². The van der Waals surface area contributed by atoms with Crippen LogP contribution in [0.25, 0.3) is 0 Å². The van der Waals surface area contributed by atoms with Gasteiger partial charge in [-0.25, -0.2) is 0 Å². The van der Waals surface area contributed by atoms with Crippen molar-refractivity contribution in [2.45, 2.75) is 26.3 Å². The van der Waals surface area contributed by atoms with Crippen molar-refractivity contribution in [3.05, 3.63) is 54.4 Å². The van der Waals surface area contributed by atoms with Crippen LogP contribution >= 0.6 is 24.0 Å². The van der Waals surface area contributed by atoms with Crippen molar-refractivity contribution in [2.75, 3.05) is 19.6 Å². The molecule has 23 heavy (non-hydrogen) atoms. The van der Waals surface area contributed by atoms with Crippen LogP contribution in [0.15, 0.2) is 53.8 Å². The average Bonchev–Trinajstić information content (AvgIpc) is 3.06. The largest absolute Gasteiger partial charge is 0.357 e. The molecule has 6 heteroatoms. The van der Waals surface area contributed by atoms with Crippen molar-refractivity contribution < 1.29 is 0 Å². The summed E-state index contributed by atoms with van der Waals surface area (Å²) in [7, 11) is 0. The molecule has 1 heterocycles. The van der Waals surface area contributed by atoms with Gasteiger partial charge in [0.15, 0.2) is 5.96 Å². The van der Waals surface area contributed by atoms with Gasteiger partial charge >= 0.3 is 0 Å². The van der Waals surface area contributed by atoms with E-state index in [1.54, 1.807) is 6.20 Å². The zero-order valence-corrected chi connectivity index (χ0v) is 15.9. The zero-order valence-electron chi connectivity index (χ0n) is 13.6. The van der Waals surface area contributed by atoms with Crippen LogP contribution in [0.1, 0.15) is 18.9 Å². The number of hydrogen-bond donors (Lipinski definition) is 2. The van der Waals surface area contributed by atoms with Crippen molar-refractivity contribution in [3.63, 3.8) is 0 Å². The van der Waals surface area contributed by atoms with E-state index >= 15 is 0 Å². The summed E-state index contributed by atoms with van der Waals surface area (Å²) in [5.41, 5.74) is 1.34. The fourth-order valence-corrected chi connectivity index (χ4v) is 2.17. The third kappa shape index (κ3) is 8.01. The lowest BCUT2D eigenvalue weighted by Gasteiger charge is -2.11. The van der Waals surface area contributed by atoms with E-state index in [0.717, 1.165) is 45.0 Å². The minimum atomic E-state index is 0. The van der Waals surface area contributed by atoms with Crippen LogP contribution < -0.4 is 10.6 Å². The minimum Gasteiger partial charge on any atom is -0.357 e. The van der Waals surface area contributed by atoms with Gasteiger partial charge in [0.05, 0.1) is 0 Å². The summed E-state index contributed by atoms with van der Waals surface area (Å²) >= 11 is 0. The lowest BCUT2D eigenvalue weighted by atomic mass is 10.1. The van der Waals surface area contributed by atoms with E-state index in [1.807, 2.05) is 23.0 Å². The molecule has 1 aromatic heterocycles. The fourth-order valence-electron chi connectivity index (χ4n) is 2.17. The summed E-state index contributed by atoms with van der Waals surface area (Å²) in [4.78, 5) is 4.60. The molecule has 5 nitrogen and oxygen atoms in total. The molecule has 2 rings (SSSR count). The first-order valence-electron chi connectivity index (χ1n) is 7.92. The van der Waals surface area contributed by atoms with Gasteiger partial charge in [0.2, 0.25) is 0 Å². The predicted octanol–water partition coefficient (Wildman–Crippen LogP) is 2.69. The lowest BCUT2D eigenvalue weighted by Crippen LogP contribution is -2.38. The highest BCUT2D eigenvalue weighted by Crippen LogP contribution is 1.98. The van der Waals surface area contributed by atoms with Gasteiger partial charge in [-0.2, -0.15) is 5.10 Å². The second kappa shape index (κ2) is 11.9. The molecule has 0 fully saturated rings. The van der Waals surface area contributed by atoms with Crippen molar-refractivity contribution in [1.82, 2.24) is 20.4 Å². The highest BCUT2D eigenvalue weighted by molar-refractivity contribution is 14.0. The molecule has 0 atom stereocenters. The van der Waals surface area contributed by atoms with Crippen molar-refractivity contribution >= 4 is 29.9 Å². The van der Waals surface area contributed by atoms with E-state index in [2.05, 4.69) is 51.9 Å². The van der Waals surface area contributed by atoms with Crippen LogP contribution in [0, 0.1) is 0 Å². The lowest BCUT2D eigenvalue weighted by molar-refractivity contribution is 0.584. The molecular formula is C17H26IN5. The molecule has 126 valence electrons. The number of benzene rings is 1. The Labute approximate surface area is 155 Å². The number of guanidine groups is 1. The maximum atomic E-state index is 4.60. The molecule has 0 spiro atoms. The Morgan fingerprint density at radius 3 is 2.70 bits per heavy atom. The topological polar surface area (TPSA) is 54.2 Å². The normalized spacial score (nSPS) is 10.9. The van der Waals surface area contributed by atoms with Gasteiger partial charge in [-0.05, 0) is 31.4 Å². The molecule has 1 aromatic carbocycles. The number of hydrogen-bond acceptors (Lipinski definition) is 2. The highest BCUT2D eigenvalue weighted by Gasteiger charge is 1.97. The van der Waals surface area contributed by atoms with E-state index < -0.39 is 0 Å². The Hall–Kier alpha value is -1.57. The van der Waals surface area contributed by atoms with E-state index in [1.165, 1.54) is 5.56 Å². The number of nitrogens with zero attached hydrogens (tertiary/aromatic N) is 3. The molecule has 0 bridgehead atoms. The van der Waals surface area contributed by atoms with Gasteiger partial charge < -0.3 is 10.6 Å². The number of nitrogens with one attached hydrogen (secondary N) is 2. The summed E-state index contributed by atoms with van der Waals surface area (Å²) < 4.78 is 1.94. The van der Waals surface area contributed by atoms with Crippen LogP contribution in [0.2, 0.25) is 0 Å². The quantitative estimate of drug-likeness (QED) is 0.295. The molecule has 0 aliphatic rings. The summed E-state index contributed by atoms with van der Waals surface area (Å²) in [6.45, 7) is 5.53. The zero-order chi connectivity index (χ0) is 15.5. The van der Waals surface area contributed by atoms with Gasteiger partial charge in [0, 0.05) is 38.6 Å². The third-order valence-corrected chi connectivity index (χ3v) is 3.27. The summed E-state index contributed by atoms with van der Waals surface area (Å²) in [5, 5.41) is 10.8. The van der Waals surface area contributed by atoms with Crippen LogP contribution in [0.3, 0.4) is 0 Å². The van der Waals surface area contributed by atoms with E-state index in [-0.39, 0.29) is 24.0 Å². The molecule has 0 saturated carbocycles. The fraction of sp³-hybridized carbons (Fsp3) is 0.412. The Balaban J connectivity index is 0.00000264. The van der Waals surface area contributed by atoms with Gasteiger partial charge in [-0.3, -0.25) is 9.67 Å². The Kier molecular flexibility index (Phi) is 10.1. The monoisotopic (exact) mass is 427 g/mol. The van der Waals surface area contributed by atoms with Gasteiger partial charge in [0.25, 0.3) is 0 Å². The Morgan fingerprint density at radius 1 is 1.17 bits per heavy atom. The summed E-state index contributed by atoms with van der Waals surface area (Å²) in [6.07, 6.45) is 5.76. The summed E-state index contributed by atoms with van der Waals surface area (Å²) in [5.74, 6) is 0.888. The highest BCUT2D eigenvalue weighted by atomic mass is 127. The van der Waals surface area contributed by atoms with Gasteiger partial charge in [-0.1, -0.05) is 30.3 Å². The smallest absolute Gasteiger partial charge is 0.191 e. The molecule has 0 amide bonds. The standard InChI is InChI=1S/C17H25N5.HI/c1-2-18-17(19-11-6-14-22-15-7-12-21-22)20-13-10-16-8-4-3-5-9-16;/h3-5,7-9,12,15H,2,6,10-11,13-14H2,1H3,(H2,18,19,20);1H. The molecule has 0 radical (unpaired) electrons. The molecule has 2 N–H and O–H groups in total. The molecule has 0 aliphatic heterocycles. The second-order valence-electron chi connectivity index (χ2n) is 5.05. The van der Waals surface area contributed by atoms with E-state index in [4.69, 9.17) is 0 Å². The maximum absolute atomic E-state index is 4.60. The SMILES string of the molecule is CCNC(=NCCCn1cccn1)NCCc1ccccc1.I. The van der Waals surface area contributed by atoms with Crippen LogP contribution in [-0.4, -0.2) is 35.4 Å². The number of aromatic nitrogens is 2. The molecule has 0 aliphatic carbocycles. The first kappa shape index (κ1) is 19.5. The summed E-state index contributed by atoms with van der Waals surface area (Å²) in [6, 6.07) is 12.4. The molecule has 0 saturated heterocycles. The van der Waals surface area contributed by atoms with Crippen molar-refractivity contribution in [2.24, 2.45) is 4.99 Å². The molecule has 0 unspecified atom stereocenters. The predicted molar refractivity (Wildman–Crippen MR) is 106 cm³/mol. The van der Waals surface area contributed by atoms with Crippen molar-refractivity contribution in [1.29, 1.82) is 0 Å². The number of halogens is 1. The van der Waals surface area contributed by atoms with Crippen LogP contribution in [-0.2, 0) is 13.0 Å². The average molecular weight is 427 g/mol. The third-order valence-electron chi connectivity index (χ3n) is 3.27. The van der Waals surface area contributed by atoms with Crippen LogP contribution in [0.4, 0.5) is 0 Å². The number of aryl methyl sites for hydroxylation is 1. The Bertz CT molecular complexity index is 539. The maximum Gasteiger partial charge on any atom is 0.191 e. The number of rotatable bonds is 8. The van der Waals surface area contributed by atoms with E-state index in [0.29, 0.717) is 0 Å². The van der Waals surface area contributed by atoms with Crippen LogP contribution in [0.5, 0.6) is 0 Å². The first-order valence-corrected chi connectivity index (χ1v) is 7.92.